The minimum Gasteiger partial charge on any atom is -0.459 e. The normalized spacial score (nSPS) is 12.3. The van der Waals surface area contributed by atoms with Gasteiger partial charge in [-0.25, -0.2) is 0 Å². The maximum Gasteiger partial charge on any atom is 0.416 e. The standard InChI is InChI=1S/C10H7F3O2/c11-10(12,13)7-2-1-6-3-8(5-14)15-9(6)4-7/h1-4,14H,5H2. The van der Waals surface area contributed by atoms with Crippen molar-refractivity contribution in [3.63, 3.8) is 0 Å². The summed E-state index contributed by atoms with van der Waals surface area (Å²) in [6.45, 7) is -0.323. The lowest BCUT2D eigenvalue weighted by molar-refractivity contribution is -0.137. The quantitative estimate of drug-likeness (QED) is 0.794. The molecule has 1 aromatic heterocycles. The fourth-order valence-corrected chi connectivity index (χ4v) is 1.34. The molecule has 0 saturated carbocycles. The minimum absolute atomic E-state index is 0.133. The van der Waals surface area contributed by atoms with Crippen molar-refractivity contribution >= 4 is 11.0 Å². The summed E-state index contributed by atoms with van der Waals surface area (Å²) < 4.78 is 41.9. The number of aliphatic hydroxyl groups is 1. The maximum absolute atomic E-state index is 12.3. The highest BCUT2D eigenvalue weighted by Crippen LogP contribution is 2.32. The van der Waals surface area contributed by atoms with Crippen molar-refractivity contribution in [2.45, 2.75) is 12.8 Å². The number of furan rings is 1. The van der Waals surface area contributed by atoms with Crippen LogP contribution in [0.25, 0.3) is 11.0 Å². The van der Waals surface area contributed by atoms with Gasteiger partial charge in [0.05, 0.1) is 5.56 Å². The summed E-state index contributed by atoms with van der Waals surface area (Å²) in [7, 11) is 0. The summed E-state index contributed by atoms with van der Waals surface area (Å²) in [4.78, 5) is 0. The average molecular weight is 216 g/mol. The Balaban J connectivity index is 2.55. The fourth-order valence-electron chi connectivity index (χ4n) is 1.34. The van der Waals surface area contributed by atoms with E-state index in [1.165, 1.54) is 12.1 Å². The zero-order chi connectivity index (χ0) is 11.1. The van der Waals surface area contributed by atoms with Crippen molar-refractivity contribution in [1.82, 2.24) is 0 Å². The van der Waals surface area contributed by atoms with E-state index in [1.807, 2.05) is 0 Å². The van der Waals surface area contributed by atoms with E-state index in [4.69, 9.17) is 9.52 Å². The number of aliphatic hydroxyl groups excluding tert-OH is 1. The van der Waals surface area contributed by atoms with Gasteiger partial charge in [0.25, 0.3) is 0 Å². The second-order valence-corrected chi connectivity index (χ2v) is 3.12. The molecule has 0 atom stereocenters. The summed E-state index contributed by atoms with van der Waals surface area (Å²) in [6.07, 6.45) is -4.37. The molecule has 0 aliphatic heterocycles. The Labute approximate surface area is 82.9 Å². The molecule has 0 unspecified atom stereocenters. The van der Waals surface area contributed by atoms with Crippen molar-refractivity contribution in [2.24, 2.45) is 0 Å². The van der Waals surface area contributed by atoms with Gasteiger partial charge in [0.1, 0.15) is 18.0 Å². The van der Waals surface area contributed by atoms with Crippen LogP contribution < -0.4 is 0 Å². The van der Waals surface area contributed by atoms with Gasteiger partial charge in [0, 0.05) is 5.39 Å². The summed E-state index contributed by atoms with van der Waals surface area (Å²) in [5.74, 6) is 0.254. The summed E-state index contributed by atoms with van der Waals surface area (Å²) >= 11 is 0. The average Bonchev–Trinajstić information content (AvgIpc) is 2.57. The van der Waals surface area contributed by atoms with E-state index in [-0.39, 0.29) is 18.0 Å². The van der Waals surface area contributed by atoms with Crippen molar-refractivity contribution in [2.75, 3.05) is 0 Å². The molecule has 0 saturated heterocycles. The minimum atomic E-state index is -4.37. The van der Waals surface area contributed by atoms with Crippen LogP contribution in [0.2, 0.25) is 0 Å². The van der Waals surface area contributed by atoms with Crippen LogP contribution >= 0.6 is 0 Å². The number of rotatable bonds is 1. The highest BCUT2D eigenvalue weighted by atomic mass is 19.4. The number of hydrogen-bond acceptors (Lipinski definition) is 2. The molecule has 1 heterocycles. The van der Waals surface area contributed by atoms with E-state index in [0.717, 1.165) is 12.1 Å². The van der Waals surface area contributed by atoms with Crippen LogP contribution in [0.5, 0.6) is 0 Å². The second-order valence-electron chi connectivity index (χ2n) is 3.12. The highest BCUT2D eigenvalue weighted by Gasteiger charge is 2.30. The Bertz CT molecular complexity index is 485. The predicted molar refractivity (Wildman–Crippen MR) is 47.1 cm³/mol. The fraction of sp³-hybridized carbons (Fsp3) is 0.200. The first-order valence-corrected chi connectivity index (χ1v) is 4.21. The van der Waals surface area contributed by atoms with Gasteiger partial charge in [-0.15, -0.1) is 0 Å². The van der Waals surface area contributed by atoms with Crippen LogP contribution in [0.15, 0.2) is 28.7 Å². The molecular formula is C10H7F3O2. The van der Waals surface area contributed by atoms with Gasteiger partial charge in [-0.1, -0.05) is 6.07 Å². The summed E-state index contributed by atoms with van der Waals surface area (Å²) in [5.41, 5.74) is -0.622. The van der Waals surface area contributed by atoms with Crippen molar-refractivity contribution in [3.05, 3.63) is 35.6 Å². The van der Waals surface area contributed by atoms with E-state index < -0.39 is 11.7 Å². The van der Waals surface area contributed by atoms with Crippen LogP contribution in [0.4, 0.5) is 13.2 Å². The first kappa shape index (κ1) is 10.0. The molecule has 0 spiro atoms. The van der Waals surface area contributed by atoms with Crippen LogP contribution in [-0.4, -0.2) is 5.11 Å². The number of fused-ring (bicyclic) bond motifs is 1. The van der Waals surface area contributed by atoms with Gasteiger partial charge < -0.3 is 9.52 Å². The predicted octanol–water partition coefficient (Wildman–Crippen LogP) is 2.94. The Morgan fingerprint density at radius 1 is 1.20 bits per heavy atom. The topological polar surface area (TPSA) is 33.4 Å². The van der Waals surface area contributed by atoms with E-state index in [9.17, 15) is 13.2 Å². The number of alkyl halides is 3. The first-order valence-electron chi connectivity index (χ1n) is 4.21. The Morgan fingerprint density at radius 3 is 2.53 bits per heavy atom. The van der Waals surface area contributed by atoms with Crippen molar-refractivity contribution in [3.8, 4) is 0 Å². The molecule has 1 N–H and O–H groups in total. The van der Waals surface area contributed by atoms with E-state index in [2.05, 4.69) is 0 Å². The molecule has 0 aliphatic carbocycles. The molecule has 2 rings (SSSR count). The molecule has 2 nitrogen and oxygen atoms in total. The third-order valence-corrected chi connectivity index (χ3v) is 2.05. The number of halogens is 3. The zero-order valence-electron chi connectivity index (χ0n) is 7.51. The molecule has 1 aromatic carbocycles. The lowest BCUT2D eigenvalue weighted by Gasteiger charge is -2.04. The molecule has 0 aliphatic rings. The van der Waals surface area contributed by atoms with Gasteiger partial charge in [-0.05, 0) is 18.2 Å². The lowest BCUT2D eigenvalue weighted by atomic mass is 10.1. The monoisotopic (exact) mass is 216 g/mol. The third-order valence-electron chi connectivity index (χ3n) is 2.05. The Morgan fingerprint density at radius 2 is 1.93 bits per heavy atom. The van der Waals surface area contributed by atoms with E-state index in [1.54, 1.807) is 0 Å². The van der Waals surface area contributed by atoms with Crippen molar-refractivity contribution < 1.29 is 22.7 Å². The van der Waals surface area contributed by atoms with Gasteiger partial charge in [0.2, 0.25) is 0 Å². The van der Waals surface area contributed by atoms with Crippen LogP contribution in [-0.2, 0) is 12.8 Å². The molecule has 15 heavy (non-hydrogen) atoms. The highest BCUT2D eigenvalue weighted by molar-refractivity contribution is 5.78. The van der Waals surface area contributed by atoms with Gasteiger partial charge in [-0.3, -0.25) is 0 Å². The van der Waals surface area contributed by atoms with Crippen LogP contribution in [0.1, 0.15) is 11.3 Å². The van der Waals surface area contributed by atoms with Crippen molar-refractivity contribution in [1.29, 1.82) is 0 Å². The summed E-state index contributed by atoms with van der Waals surface area (Å²) in [6, 6.07) is 4.74. The van der Waals surface area contributed by atoms with E-state index >= 15 is 0 Å². The SMILES string of the molecule is OCc1cc2ccc(C(F)(F)F)cc2o1. The molecule has 0 fully saturated rings. The van der Waals surface area contributed by atoms with Gasteiger partial charge in [0.15, 0.2) is 0 Å². The van der Waals surface area contributed by atoms with E-state index in [0.29, 0.717) is 5.39 Å². The zero-order valence-corrected chi connectivity index (χ0v) is 7.51. The first-order chi connectivity index (χ1) is 7.00. The van der Waals surface area contributed by atoms with Crippen LogP contribution in [0, 0.1) is 0 Å². The largest absolute Gasteiger partial charge is 0.459 e. The second kappa shape index (κ2) is 3.27. The van der Waals surface area contributed by atoms with Gasteiger partial charge in [-0.2, -0.15) is 13.2 Å². The van der Waals surface area contributed by atoms with Crippen LogP contribution in [0.3, 0.4) is 0 Å². The molecule has 5 heteroatoms. The number of benzene rings is 1. The molecule has 0 amide bonds. The Hall–Kier alpha value is -1.49. The third kappa shape index (κ3) is 1.83. The Kier molecular flexibility index (Phi) is 2.19. The molecule has 80 valence electrons. The molecule has 0 bridgehead atoms. The molecule has 0 radical (unpaired) electrons. The maximum atomic E-state index is 12.3. The van der Waals surface area contributed by atoms with Gasteiger partial charge >= 0.3 is 6.18 Å². The summed E-state index contributed by atoms with van der Waals surface area (Å²) in [5, 5.41) is 9.30. The lowest BCUT2D eigenvalue weighted by Crippen LogP contribution is -2.03. The number of hydrogen-bond donors (Lipinski definition) is 1. The molecule has 2 aromatic rings. The molecular weight excluding hydrogens is 209 g/mol. The smallest absolute Gasteiger partial charge is 0.416 e.